The molecule has 0 fully saturated rings. The third-order valence-corrected chi connectivity index (χ3v) is 8.72. The number of nitrogens with zero attached hydrogens (tertiary/aromatic N) is 1. The first-order valence-electron chi connectivity index (χ1n) is 14.9. The van der Waals surface area contributed by atoms with Gasteiger partial charge in [0.2, 0.25) is 11.8 Å². The lowest BCUT2D eigenvalue weighted by atomic mass is 9.80. The van der Waals surface area contributed by atoms with E-state index in [1.165, 1.54) is 6.07 Å². The number of aromatic carboxylic acids is 2. The summed E-state index contributed by atoms with van der Waals surface area (Å²) in [5, 5.41) is 56.5. The Bertz CT molecular complexity index is 2310. The van der Waals surface area contributed by atoms with Crippen molar-refractivity contribution in [2.45, 2.75) is 52.4 Å². The van der Waals surface area contributed by atoms with Crippen molar-refractivity contribution in [3.63, 3.8) is 0 Å². The molecule has 0 saturated carbocycles. The number of aliphatic hydroxyl groups is 2. The molecule has 0 radical (unpaired) electrons. The lowest BCUT2D eigenvalue weighted by molar-refractivity contribution is 0.0695. The van der Waals surface area contributed by atoms with Crippen LogP contribution in [-0.4, -0.2) is 44.2 Å². The molecule has 0 aromatic heterocycles. The van der Waals surface area contributed by atoms with E-state index >= 15 is 0 Å². The van der Waals surface area contributed by atoms with E-state index in [9.17, 15) is 30.0 Å². The molecule has 0 aliphatic rings. The van der Waals surface area contributed by atoms with Gasteiger partial charge in [-0.2, -0.15) is 0 Å². The molecule has 0 aliphatic heterocycles. The summed E-state index contributed by atoms with van der Waals surface area (Å²) in [5.41, 5.74) is -0.138. The molecule has 0 bridgehead atoms. The molecule has 0 heterocycles. The lowest BCUT2D eigenvalue weighted by Gasteiger charge is -2.26. The summed E-state index contributed by atoms with van der Waals surface area (Å²) in [5.74, 6) is -4.64. The molecule has 0 saturated heterocycles. The van der Waals surface area contributed by atoms with Crippen molar-refractivity contribution >= 4 is 72.5 Å². The lowest BCUT2D eigenvalue weighted by Crippen LogP contribution is -2.19. The van der Waals surface area contributed by atoms with Crippen LogP contribution in [0.1, 0.15) is 84.5 Å². The second-order valence-electron chi connectivity index (χ2n) is 13.7. The average molecular weight is 615 g/mol. The molecule has 0 spiro atoms. The van der Waals surface area contributed by atoms with Crippen molar-refractivity contribution in [3.05, 3.63) is 100 Å². The maximum Gasteiger partial charge on any atom is 0.337 e. The number of aliphatic hydroxyl groups excluding tert-OH is 2. The van der Waals surface area contributed by atoms with E-state index in [4.69, 9.17) is 5.41 Å². The average Bonchev–Trinajstić information content (AvgIpc) is 2.97. The zero-order chi connectivity index (χ0) is 33.5. The number of benzene rings is 6. The fourth-order valence-electron chi connectivity index (χ4n) is 6.64. The minimum atomic E-state index is -1.54. The Kier molecular flexibility index (Phi) is 6.82. The summed E-state index contributed by atoms with van der Waals surface area (Å²) in [6.45, 7) is 12.1. The Balaban J connectivity index is 1.90. The van der Waals surface area contributed by atoms with Crippen LogP contribution in [0.25, 0.3) is 43.1 Å². The van der Waals surface area contributed by atoms with Crippen LogP contribution in [-0.2, 0) is 10.8 Å². The van der Waals surface area contributed by atoms with E-state index in [-0.39, 0.29) is 32.7 Å². The predicted molar refractivity (Wildman–Crippen MR) is 184 cm³/mol. The standard InChI is InChI=1S/C38H34N2O6/c1-37(2,3)19-13-16-24(38(4,5)6)25(17-19)40-34(42)31-30(33(39)41)28-22-12-8-10-18-9-7-11-20(26(18)22)21-14-15-23(35(43)44)29(27(21)28)32(31)36(45)46/h7-17H,1-6H3,(H2,39,41)(H,40,42)(H,43,44)(H,45,46). The molecule has 6 rings (SSSR count). The Morgan fingerprint density at radius 3 is 1.83 bits per heavy atom. The van der Waals surface area contributed by atoms with Crippen LogP contribution in [0.3, 0.4) is 0 Å². The summed E-state index contributed by atoms with van der Waals surface area (Å²) in [6.07, 6.45) is 0. The highest BCUT2D eigenvalue weighted by molar-refractivity contribution is 6.40. The summed E-state index contributed by atoms with van der Waals surface area (Å²) in [4.78, 5) is 30.5. The van der Waals surface area contributed by atoms with Gasteiger partial charge in [-0.3, -0.25) is 5.41 Å². The molecule has 0 aliphatic carbocycles. The summed E-state index contributed by atoms with van der Waals surface area (Å²) in [7, 11) is 0. The van der Waals surface area contributed by atoms with Crippen molar-refractivity contribution in [1.29, 1.82) is 5.41 Å². The van der Waals surface area contributed by atoms with Crippen LogP contribution in [0.5, 0.6) is 0 Å². The maximum atomic E-state index is 13.2. The first-order chi connectivity index (χ1) is 21.5. The Hall–Kier alpha value is -5.50. The van der Waals surface area contributed by atoms with Crippen molar-refractivity contribution in [3.8, 4) is 0 Å². The Labute approximate surface area is 265 Å². The summed E-state index contributed by atoms with van der Waals surface area (Å²) in [6, 6.07) is 19.9. The van der Waals surface area contributed by atoms with Crippen molar-refractivity contribution < 1.29 is 30.0 Å². The number of rotatable bonds is 5. The molecule has 0 atom stereocenters. The topological polar surface area (TPSA) is 151 Å². The number of aliphatic imine (C=N–C) groups is 1. The van der Waals surface area contributed by atoms with Gasteiger partial charge in [0, 0.05) is 10.8 Å². The first kappa shape index (κ1) is 30.5. The SMILES string of the molecule is CC(C)(C)c1ccc(C(C)(C)C)c(N=C(O)c2c(C(=O)O)c3c(C(=O)O)ccc4c5cccc6cccc(c(c2C(=N)O)c34)c65)c1. The van der Waals surface area contributed by atoms with Gasteiger partial charge >= 0.3 is 11.9 Å². The highest BCUT2D eigenvalue weighted by Crippen LogP contribution is 2.46. The molecular weight excluding hydrogens is 580 g/mol. The van der Waals surface area contributed by atoms with Crippen molar-refractivity contribution in [1.82, 2.24) is 0 Å². The van der Waals surface area contributed by atoms with Gasteiger partial charge in [0.05, 0.1) is 27.9 Å². The molecule has 8 heteroatoms. The van der Waals surface area contributed by atoms with Crippen LogP contribution in [0.15, 0.2) is 71.7 Å². The van der Waals surface area contributed by atoms with E-state index in [2.05, 4.69) is 4.99 Å². The van der Waals surface area contributed by atoms with Crippen LogP contribution in [0, 0.1) is 5.41 Å². The zero-order valence-corrected chi connectivity index (χ0v) is 26.4. The van der Waals surface area contributed by atoms with E-state index in [0.717, 1.165) is 27.3 Å². The van der Waals surface area contributed by atoms with Crippen LogP contribution < -0.4 is 0 Å². The van der Waals surface area contributed by atoms with Gasteiger partial charge in [0.25, 0.3) is 0 Å². The van der Waals surface area contributed by atoms with Gasteiger partial charge in [0.1, 0.15) is 0 Å². The molecule has 46 heavy (non-hydrogen) atoms. The Morgan fingerprint density at radius 1 is 0.630 bits per heavy atom. The molecule has 0 unspecified atom stereocenters. The van der Waals surface area contributed by atoms with Gasteiger partial charge < -0.3 is 20.4 Å². The van der Waals surface area contributed by atoms with E-state index < -0.39 is 40.3 Å². The second-order valence-corrected chi connectivity index (χ2v) is 13.7. The van der Waals surface area contributed by atoms with Crippen molar-refractivity contribution in [2.24, 2.45) is 4.99 Å². The summed E-state index contributed by atoms with van der Waals surface area (Å²) < 4.78 is 0. The third kappa shape index (κ3) is 4.60. The minimum absolute atomic E-state index is 0.125. The number of carboxylic acids is 2. The molecule has 232 valence electrons. The molecular formula is C38H34N2O6. The number of fused-ring (bicyclic) bond motifs is 2. The second kappa shape index (κ2) is 10.3. The number of nitrogens with one attached hydrogen (secondary N) is 1. The molecule has 6 aromatic carbocycles. The third-order valence-electron chi connectivity index (χ3n) is 8.72. The number of carboxylic acid groups (broad SMARTS) is 2. The molecule has 5 N–H and O–H groups in total. The zero-order valence-electron chi connectivity index (χ0n) is 26.4. The van der Waals surface area contributed by atoms with Gasteiger partial charge in [-0.05, 0) is 66.4 Å². The first-order valence-corrected chi connectivity index (χ1v) is 14.9. The van der Waals surface area contributed by atoms with Crippen LogP contribution in [0.4, 0.5) is 5.69 Å². The molecule has 6 aromatic rings. The Morgan fingerprint density at radius 2 is 1.26 bits per heavy atom. The van der Waals surface area contributed by atoms with E-state index in [1.54, 1.807) is 18.2 Å². The van der Waals surface area contributed by atoms with Gasteiger partial charge in [-0.1, -0.05) is 96.1 Å². The van der Waals surface area contributed by atoms with Gasteiger partial charge in [-0.25, -0.2) is 14.6 Å². The molecule has 0 amide bonds. The quantitative estimate of drug-likeness (QED) is 0.0565. The van der Waals surface area contributed by atoms with Crippen LogP contribution >= 0.6 is 0 Å². The van der Waals surface area contributed by atoms with Gasteiger partial charge in [0.15, 0.2) is 0 Å². The normalized spacial score (nSPS) is 12.9. The fourth-order valence-corrected chi connectivity index (χ4v) is 6.64. The summed E-state index contributed by atoms with van der Waals surface area (Å²) >= 11 is 0. The fraction of sp³-hybridized carbons (Fsp3) is 0.211. The minimum Gasteiger partial charge on any atom is -0.493 e. The van der Waals surface area contributed by atoms with Crippen LogP contribution in [0.2, 0.25) is 0 Å². The largest absolute Gasteiger partial charge is 0.493 e. The highest BCUT2D eigenvalue weighted by Gasteiger charge is 2.33. The molecule has 8 nitrogen and oxygen atoms in total. The van der Waals surface area contributed by atoms with Crippen molar-refractivity contribution in [2.75, 3.05) is 0 Å². The highest BCUT2D eigenvalue weighted by atomic mass is 16.4. The van der Waals surface area contributed by atoms with E-state index in [1.807, 2.05) is 84.0 Å². The monoisotopic (exact) mass is 614 g/mol. The van der Waals surface area contributed by atoms with E-state index in [0.29, 0.717) is 16.5 Å². The maximum absolute atomic E-state index is 13.2. The number of hydrogen-bond donors (Lipinski definition) is 5. The van der Waals surface area contributed by atoms with Gasteiger partial charge in [-0.15, -0.1) is 0 Å². The number of carbonyl (C=O) groups is 2. The smallest absolute Gasteiger partial charge is 0.337 e. The predicted octanol–water partition coefficient (Wildman–Crippen LogP) is 9.25. The number of hydrogen-bond acceptors (Lipinski definition) is 4.